The molecule has 7 heteroatoms. The van der Waals surface area contributed by atoms with E-state index in [2.05, 4.69) is 84.9 Å². The second-order valence-corrected chi connectivity index (χ2v) is 10.7. The molecule has 0 atom stereocenters. The zero-order valence-electron chi connectivity index (χ0n) is 17.1. The molecule has 0 saturated carbocycles. The Kier molecular flexibility index (Phi) is 7.87. The molecule has 0 amide bonds. The molecule has 0 radical (unpaired) electrons. The Morgan fingerprint density at radius 1 is 0.969 bits per heavy atom. The van der Waals surface area contributed by atoms with E-state index in [1.54, 1.807) is 6.08 Å². The highest BCUT2D eigenvalue weighted by atomic mass is 127. The van der Waals surface area contributed by atoms with Crippen molar-refractivity contribution in [1.82, 2.24) is 0 Å². The van der Waals surface area contributed by atoms with Crippen molar-refractivity contribution in [2.75, 3.05) is 6.61 Å². The van der Waals surface area contributed by atoms with Gasteiger partial charge >= 0.3 is 5.97 Å². The van der Waals surface area contributed by atoms with Gasteiger partial charge in [-0.05, 0) is 128 Å². The Balaban J connectivity index is 1.51. The molecule has 32 heavy (non-hydrogen) atoms. The fourth-order valence-corrected chi connectivity index (χ4v) is 5.65. The molecule has 1 heterocycles. The second-order valence-electron chi connectivity index (χ2n) is 7.20. The first-order valence-electron chi connectivity index (χ1n) is 9.85. The summed E-state index contributed by atoms with van der Waals surface area (Å²) in [6.07, 6.45) is 2.60. The van der Waals surface area contributed by atoms with Gasteiger partial charge in [0.05, 0.1) is 13.7 Å². The highest BCUT2D eigenvalue weighted by molar-refractivity contribution is 14.1. The van der Waals surface area contributed by atoms with Gasteiger partial charge in [0.1, 0.15) is 5.75 Å². The highest BCUT2D eigenvalue weighted by Crippen LogP contribution is 2.31. The van der Waals surface area contributed by atoms with Crippen LogP contribution in [0.3, 0.4) is 0 Å². The second kappa shape index (κ2) is 10.6. The average Bonchev–Trinajstić information content (AvgIpc) is 3.13. The lowest BCUT2D eigenvalue weighted by Gasteiger charge is -2.11. The summed E-state index contributed by atoms with van der Waals surface area (Å²) in [6.45, 7) is 2.62. The standard InChI is InChI=1S/C25H18I3NO3/c1-15-11-18(7-8-19(15)26)24-29-22(25(30)32-24)14-17-12-20(27)23(21(28)13-17)31-10-9-16-5-3-2-4-6-16/h2-8,11-14H,9-10H2,1H3/b22-14-. The van der Waals surface area contributed by atoms with Crippen molar-refractivity contribution in [3.05, 3.63) is 99.3 Å². The number of halogens is 3. The van der Waals surface area contributed by atoms with E-state index in [4.69, 9.17) is 9.47 Å². The van der Waals surface area contributed by atoms with Gasteiger partial charge in [0.2, 0.25) is 5.90 Å². The molecule has 162 valence electrons. The molecular weight excluding hydrogens is 743 g/mol. The van der Waals surface area contributed by atoms with Crippen LogP contribution >= 0.6 is 67.8 Å². The minimum atomic E-state index is -0.440. The monoisotopic (exact) mass is 761 g/mol. The molecule has 3 aromatic carbocycles. The number of hydrogen-bond acceptors (Lipinski definition) is 4. The summed E-state index contributed by atoms with van der Waals surface area (Å²) in [5.41, 5.74) is 4.33. The topological polar surface area (TPSA) is 47.9 Å². The van der Waals surface area contributed by atoms with Crippen LogP contribution in [0.4, 0.5) is 0 Å². The van der Waals surface area contributed by atoms with Crippen LogP contribution in [-0.4, -0.2) is 18.5 Å². The molecule has 0 spiro atoms. The average molecular weight is 761 g/mol. The molecular formula is C25H18I3NO3. The lowest BCUT2D eigenvalue weighted by atomic mass is 10.1. The maximum atomic E-state index is 12.4. The van der Waals surface area contributed by atoms with Gasteiger partial charge < -0.3 is 9.47 Å². The molecule has 0 fully saturated rings. The van der Waals surface area contributed by atoms with Crippen molar-refractivity contribution in [3.8, 4) is 5.75 Å². The highest BCUT2D eigenvalue weighted by Gasteiger charge is 2.24. The molecule has 0 unspecified atom stereocenters. The van der Waals surface area contributed by atoms with E-state index in [1.807, 2.05) is 55.5 Å². The SMILES string of the molecule is Cc1cc(C2=N/C(=C\c3cc(I)c(OCCc4ccccc4)c(I)c3)C(=O)O2)ccc1I. The summed E-state index contributed by atoms with van der Waals surface area (Å²) < 4.78 is 14.6. The maximum absolute atomic E-state index is 12.4. The largest absolute Gasteiger partial charge is 0.491 e. The van der Waals surface area contributed by atoms with Gasteiger partial charge in [0.15, 0.2) is 5.70 Å². The number of esters is 1. The summed E-state index contributed by atoms with van der Waals surface area (Å²) in [5, 5.41) is 0. The number of ether oxygens (including phenoxy) is 2. The molecule has 0 saturated heterocycles. The Morgan fingerprint density at radius 2 is 1.69 bits per heavy atom. The van der Waals surface area contributed by atoms with Crippen molar-refractivity contribution < 1.29 is 14.3 Å². The van der Waals surface area contributed by atoms with Crippen molar-refractivity contribution in [1.29, 1.82) is 0 Å². The van der Waals surface area contributed by atoms with Crippen LogP contribution in [0.5, 0.6) is 5.75 Å². The molecule has 0 N–H and O–H groups in total. The molecule has 1 aliphatic rings. The molecule has 3 aromatic rings. The zero-order chi connectivity index (χ0) is 22.7. The smallest absolute Gasteiger partial charge is 0.363 e. The number of carbonyl (C=O) groups is 1. The van der Waals surface area contributed by atoms with Gasteiger partial charge in [-0.2, -0.15) is 0 Å². The van der Waals surface area contributed by atoms with Gasteiger partial charge in [-0.25, -0.2) is 9.79 Å². The number of cyclic esters (lactones) is 1. The Hall–Kier alpha value is -1.47. The fraction of sp³-hybridized carbons (Fsp3) is 0.120. The third kappa shape index (κ3) is 5.71. The molecule has 0 aromatic heterocycles. The van der Waals surface area contributed by atoms with Crippen molar-refractivity contribution in [2.45, 2.75) is 13.3 Å². The van der Waals surface area contributed by atoms with Crippen molar-refractivity contribution in [2.24, 2.45) is 4.99 Å². The third-order valence-electron chi connectivity index (χ3n) is 4.83. The predicted octanol–water partition coefficient (Wildman–Crippen LogP) is 6.77. The van der Waals surface area contributed by atoms with Gasteiger partial charge in [0.25, 0.3) is 0 Å². The van der Waals surface area contributed by atoms with Crippen LogP contribution in [0.1, 0.15) is 22.3 Å². The first-order chi connectivity index (χ1) is 15.4. The molecule has 4 rings (SSSR count). The molecule has 0 bridgehead atoms. The van der Waals surface area contributed by atoms with Crippen LogP contribution in [0, 0.1) is 17.6 Å². The lowest BCUT2D eigenvalue weighted by Crippen LogP contribution is -2.06. The summed E-state index contributed by atoms with van der Waals surface area (Å²) in [5.74, 6) is 0.757. The number of aryl methyl sites for hydroxylation is 1. The number of rotatable bonds is 6. The minimum Gasteiger partial charge on any atom is -0.491 e. The first kappa shape index (κ1) is 23.7. The third-order valence-corrected chi connectivity index (χ3v) is 7.64. The van der Waals surface area contributed by atoms with E-state index in [0.717, 1.165) is 39.6 Å². The van der Waals surface area contributed by atoms with E-state index in [1.165, 1.54) is 5.56 Å². The van der Waals surface area contributed by atoms with E-state index >= 15 is 0 Å². The normalized spacial score (nSPS) is 14.4. The van der Waals surface area contributed by atoms with E-state index in [0.29, 0.717) is 18.2 Å². The van der Waals surface area contributed by atoms with Crippen LogP contribution in [0.15, 0.2) is 71.4 Å². The molecule has 1 aliphatic heterocycles. The zero-order valence-corrected chi connectivity index (χ0v) is 23.5. The van der Waals surface area contributed by atoms with E-state index in [9.17, 15) is 4.79 Å². The van der Waals surface area contributed by atoms with Crippen LogP contribution in [0.25, 0.3) is 6.08 Å². The Bertz CT molecular complexity index is 1210. The lowest BCUT2D eigenvalue weighted by molar-refractivity contribution is -0.129. The Morgan fingerprint density at radius 3 is 2.38 bits per heavy atom. The van der Waals surface area contributed by atoms with Gasteiger partial charge in [-0.15, -0.1) is 0 Å². The maximum Gasteiger partial charge on any atom is 0.363 e. The van der Waals surface area contributed by atoms with E-state index < -0.39 is 5.97 Å². The summed E-state index contributed by atoms with van der Waals surface area (Å²) in [4.78, 5) is 16.8. The first-order valence-corrected chi connectivity index (χ1v) is 13.1. The summed E-state index contributed by atoms with van der Waals surface area (Å²) in [7, 11) is 0. The molecule has 0 aliphatic carbocycles. The number of nitrogens with zero attached hydrogens (tertiary/aromatic N) is 1. The fourth-order valence-electron chi connectivity index (χ4n) is 3.18. The summed E-state index contributed by atoms with van der Waals surface area (Å²) in [6, 6.07) is 20.1. The van der Waals surface area contributed by atoms with Gasteiger partial charge in [-0.1, -0.05) is 30.3 Å². The van der Waals surface area contributed by atoms with Crippen LogP contribution in [0.2, 0.25) is 0 Å². The Labute approximate surface area is 227 Å². The quantitative estimate of drug-likeness (QED) is 0.158. The number of hydrogen-bond donors (Lipinski definition) is 0. The molecule has 4 nitrogen and oxygen atoms in total. The summed E-state index contributed by atoms with van der Waals surface area (Å²) >= 11 is 6.81. The van der Waals surface area contributed by atoms with Crippen LogP contribution < -0.4 is 4.74 Å². The van der Waals surface area contributed by atoms with E-state index in [-0.39, 0.29) is 0 Å². The van der Waals surface area contributed by atoms with Gasteiger partial charge in [-0.3, -0.25) is 0 Å². The van der Waals surface area contributed by atoms with Crippen molar-refractivity contribution in [3.63, 3.8) is 0 Å². The number of carbonyl (C=O) groups excluding carboxylic acids is 1. The van der Waals surface area contributed by atoms with Crippen LogP contribution in [-0.2, 0) is 16.0 Å². The number of aliphatic imine (C=N–C) groups is 1. The number of benzene rings is 3. The van der Waals surface area contributed by atoms with Crippen molar-refractivity contribution >= 4 is 85.7 Å². The predicted molar refractivity (Wildman–Crippen MR) is 152 cm³/mol. The minimum absolute atomic E-state index is 0.292. The van der Waals surface area contributed by atoms with Gasteiger partial charge in [0, 0.05) is 15.6 Å².